The van der Waals surface area contributed by atoms with Crippen molar-refractivity contribution in [3.8, 4) is 0 Å². The second-order valence-corrected chi connectivity index (χ2v) is 22.9. The summed E-state index contributed by atoms with van der Waals surface area (Å²) in [4.78, 5) is 25.8. The average molecular weight is 998 g/mol. The Labute approximate surface area is 446 Å². The lowest BCUT2D eigenvalue weighted by Crippen LogP contribution is -2.03. The molecule has 0 aliphatic rings. The summed E-state index contributed by atoms with van der Waals surface area (Å²) in [5.41, 5.74) is 15.5. The summed E-state index contributed by atoms with van der Waals surface area (Å²) in [5.74, 6) is 6.26. The molecule has 5 heterocycles. The normalized spacial score (nSPS) is 11.2. The quantitative estimate of drug-likeness (QED) is 0.122. The summed E-state index contributed by atoms with van der Waals surface area (Å²) in [6.07, 6.45) is 15.0. The summed E-state index contributed by atoms with van der Waals surface area (Å²) in [5, 5.41) is 0. The minimum atomic E-state index is -0.131. The van der Waals surface area contributed by atoms with Crippen LogP contribution in [0.1, 0.15) is 304 Å². The maximum absolute atomic E-state index is 13.0. The Morgan fingerprint density at radius 3 is 0.808 bits per heavy atom. The van der Waals surface area contributed by atoms with E-state index in [1.807, 2.05) is 55.4 Å². The molecule has 0 radical (unpaired) electrons. The zero-order chi connectivity index (χ0) is 55.7. The van der Waals surface area contributed by atoms with Crippen LogP contribution in [0.15, 0.2) is 104 Å². The van der Waals surface area contributed by atoms with Crippen molar-refractivity contribution in [1.29, 1.82) is 0 Å². The minimum absolute atomic E-state index is 0.131. The molecule has 402 valence electrons. The van der Waals surface area contributed by atoms with E-state index < -0.39 is 0 Å². The third-order valence-electron chi connectivity index (χ3n) is 12.5. The van der Waals surface area contributed by atoms with Crippen LogP contribution in [0.4, 0.5) is 4.39 Å². The third kappa shape index (κ3) is 22.9. The lowest BCUT2D eigenvalue weighted by atomic mass is 9.91. The van der Waals surface area contributed by atoms with E-state index in [1.165, 1.54) is 50.3 Å². The zero-order valence-corrected chi connectivity index (χ0v) is 50.3. The van der Waals surface area contributed by atoms with Crippen molar-refractivity contribution in [2.45, 2.75) is 237 Å². The van der Waals surface area contributed by atoms with E-state index in [0.29, 0.717) is 71.0 Å². The molecule has 6 nitrogen and oxygen atoms in total. The standard InChI is InChI=1S/C12H17F.4C11H17N.C10H16N2/c1-8(2)11-6-5-10(13)7-12(11)9(3)4;2*1-8(2)10-5-6-12-7-11(10)9(3)4;2*1-8(2)10-6-5-7-12-11(10)9(3)4;1-7(2)9-10(8(3)4)12-6-5-11-9/h5-9H,1-4H3;4*5-9H,1-4H3;5-8H,1-4H3. The highest BCUT2D eigenvalue weighted by Crippen LogP contribution is 2.29. The van der Waals surface area contributed by atoms with Crippen LogP contribution < -0.4 is 0 Å². The first-order chi connectivity index (χ1) is 34.1. The third-order valence-corrected chi connectivity index (χ3v) is 12.5. The van der Waals surface area contributed by atoms with E-state index in [-0.39, 0.29) is 5.82 Å². The van der Waals surface area contributed by atoms with Crippen LogP contribution in [0.3, 0.4) is 0 Å². The highest BCUT2D eigenvalue weighted by Gasteiger charge is 2.14. The lowest BCUT2D eigenvalue weighted by Gasteiger charge is -2.15. The fourth-order valence-electron chi connectivity index (χ4n) is 8.47. The Hall–Kier alpha value is -5.17. The molecule has 0 saturated carbocycles. The molecule has 0 unspecified atom stereocenters. The molecule has 0 aliphatic heterocycles. The van der Waals surface area contributed by atoms with Crippen LogP contribution in [-0.2, 0) is 0 Å². The van der Waals surface area contributed by atoms with Gasteiger partial charge in [-0.05, 0) is 152 Å². The molecule has 0 amide bonds. The van der Waals surface area contributed by atoms with Crippen molar-refractivity contribution in [2.24, 2.45) is 0 Å². The van der Waals surface area contributed by atoms with Gasteiger partial charge in [0.1, 0.15) is 5.82 Å². The summed E-state index contributed by atoms with van der Waals surface area (Å²) < 4.78 is 13.0. The van der Waals surface area contributed by atoms with Crippen LogP contribution in [0.5, 0.6) is 0 Å². The largest absolute Gasteiger partial charge is 0.264 e. The van der Waals surface area contributed by atoms with Gasteiger partial charge in [0.05, 0.1) is 11.4 Å². The predicted octanol–water partition coefficient (Wildman–Crippen LogP) is 20.1. The fourth-order valence-corrected chi connectivity index (χ4v) is 8.47. The molecule has 5 aromatic heterocycles. The molecule has 0 saturated heterocycles. The molecule has 1 aromatic carbocycles. The van der Waals surface area contributed by atoms with Crippen molar-refractivity contribution in [2.75, 3.05) is 0 Å². The van der Waals surface area contributed by atoms with Crippen molar-refractivity contribution in [1.82, 2.24) is 29.9 Å². The van der Waals surface area contributed by atoms with Gasteiger partial charge < -0.3 is 0 Å². The second-order valence-electron chi connectivity index (χ2n) is 22.9. The molecule has 0 fully saturated rings. The Kier molecular flexibility index (Phi) is 30.3. The minimum Gasteiger partial charge on any atom is -0.264 e. The van der Waals surface area contributed by atoms with E-state index in [9.17, 15) is 4.39 Å². The molecule has 0 aliphatic carbocycles. The van der Waals surface area contributed by atoms with Gasteiger partial charge in [-0.1, -0.05) is 184 Å². The van der Waals surface area contributed by atoms with Crippen LogP contribution >= 0.6 is 0 Å². The molecule has 7 heteroatoms. The van der Waals surface area contributed by atoms with E-state index >= 15 is 0 Å². The van der Waals surface area contributed by atoms with E-state index in [0.717, 1.165) is 17.0 Å². The van der Waals surface area contributed by atoms with E-state index in [4.69, 9.17) is 0 Å². The molecule has 0 N–H and O–H groups in total. The number of aromatic nitrogens is 6. The summed E-state index contributed by atoms with van der Waals surface area (Å²) in [6.45, 7) is 52.4. The summed E-state index contributed by atoms with van der Waals surface area (Å²) in [6, 6.07) is 17.7. The predicted molar refractivity (Wildman–Crippen MR) is 314 cm³/mol. The maximum atomic E-state index is 13.0. The van der Waals surface area contributed by atoms with Gasteiger partial charge in [0, 0.05) is 61.0 Å². The SMILES string of the molecule is CC(C)c1ccc(F)cc1C(C)C.CC(C)c1cccnc1C(C)C.CC(C)c1cccnc1C(C)C.CC(C)c1ccncc1C(C)C.CC(C)c1ccncc1C(C)C.CC(C)c1nccnc1C(C)C. The van der Waals surface area contributed by atoms with Gasteiger partial charge in [0.2, 0.25) is 0 Å². The Morgan fingerprint density at radius 2 is 0.548 bits per heavy atom. The number of halogens is 1. The summed E-state index contributed by atoms with van der Waals surface area (Å²) >= 11 is 0. The number of pyridine rings is 4. The first-order valence-electron chi connectivity index (χ1n) is 27.5. The van der Waals surface area contributed by atoms with Crippen molar-refractivity contribution in [3.05, 3.63) is 177 Å². The molecule has 0 spiro atoms. The van der Waals surface area contributed by atoms with Crippen molar-refractivity contribution in [3.63, 3.8) is 0 Å². The molecule has 6 aromatic rings. The number of rotatable bonds is 12. The topological polar surface area (TPSA) is 77.3 Å². The van der Waals surface area contributed by atoms with Gasteiger partial charge in [-0.15, -0.1) is 0 Å². The molecular weight excluding hydrogens is 896 g/mol. The van der Waals surface area contributed by atoms with Gasteiger partial charge in [-0.3, -0.25) is 29.9 Å². The van der Waals surface area contributed by atoms with Gasteiger partial charge in [-0.2, -0.15) is 0 Å². The monoisotopic (exact) mass is 997 g/mol. The molecule has 0 bridgehead atoms. The van der Waals surface area contributed by atoms with Crippen LogP contribution in [-0.4, -0.2) is 29.9 Å². The van der Waals surface area contributed by atoms with Gasteiger partial charge in [0.25, 0.3) is 0 Å². The van der Waals surface area contributed by atoms with Crippen LogP contribution in [0.2, 0.25) is 0 Å². The van der Waals surface area contributed by atoms with Gasteiger partial charge >= 0.3 is 0 Å². The van der Waals surface area contributed by atoms with Gasteiger partial charge in [-0.25, -0.2) is 4.39 Å². The van der Waals surface area contributed by atoms with Crippen molar-refractivity contribution >= 4 is 0 Å². The lowest BCUT2D eigenvalue weighted by molar-refractivity contribution is 0.620. The maximum Gasteiger partial charge on any atom is 0.123 e. The van der Waals surface area contributed by atoms with Crippen molar-refractivity contribution < 1.29 is 4.39 Å². The highest BCUT2D eigenvalue weighted by atomic mass is 19.1. The number of hydrogen-bond donors (Lipinski definition) is 0. The molecule has 0 atom stereocenters. The molecule has 6 rings (SSSR count). The smallest absolute Gasteiger partial charge is 0.123 e. The Morgan fingerprint density at radius 1 is 0.260 bits per heavy atom. The van der Waals surface area contributed by atoms with E-state index in [1.54, 1.807) is 24.5 Å². The van der Waals surface area contributed by atoms with E-state index in [2.05, 4.69) is 220 Å². The first-order valence-corrected chi connectivity index (χ1v) is 27.5. The van der Waals surface area contributed by atoms with Crippen LogP contribution in [0, 0.1) is 5.82 Å². The zero-order valence-electron chi connectivity index (χ0n) is 50.3. The average Bonchev–Trinajstić information content (AvgIpc) is 3.34. The van der Waals surface area contributed by atoms with Crippen LogP contribution in [0.25, 0.3) is 0 Å². The Balaban J connectivity index is 0.000000438. The highest BCUT2D eigenvalue weighted by molar-refractivity contribution is 5.33. The second kappa shape index (κ2) is 33.6. The number of benzene rings is 1. The number of nitrogens with zero attached hydrogens (tertiary/aromatic N) is 6. The fraction of sp³-hybridized carbons (Fsp3) is 0.545. The molecule has 73 heavy (non-hydrogen) atoms. The summed E-state index contributed by atoms with van der Waals surface area (Å²) in [7, 11) is 0. The first kappa shape index (κ1) is 65.8. The van der Waals surface area contributed by atoms with Gasteiger partial charge in [0.15, 0.2) is 0 Å². The number of hydrogen-bond acceptors (Lipinski definition) is 6. The molecular formula is C66H101FN6. The Bertz CT molecular complexity index is 1970.